The molecule has 2 heterocycles. The van der Waals surface area contributed by atoms with E-state index in [0.717, 1.165) is 10.6 Å². The molecule has 0 aliphatic carbocycles. The molecule has 0 radical (unpaired) electrons. The molecule has 1 atom stereocenters. The number of nitrogens with zero attached hydrogens (tertiary/aromatic N) is 2. The van der Waals surface area contributed by atoms with E-state index < -0.39 is 12.0 Å². The first-order valence-electron chi connectivity index (χ1n) is 6.60. The van der Waals surface area contributed by atoms with Crippen LogP contribution in [0.4, 0.5) is 5.69 Å². The van der Waals surface area contributed by atoms with E-state index in [-0.39, 0.29) is 12.3 Å². The molecule has 0 fully saturated rings. The van der Waals surface area contributed by atoms with Gasteiger partial charge in [0.05, 0.1) is 17.1 Å². The zero-order valence-corrected chi connectivity index (χ0v) is 12.3. The first-order valence-corrected chi connectivity index (χ1v) is 7.48. The molecule has 1 aromatic heterocycles. The molecule has 2 aromatic rings. The number of thiazole rings is 1. The third kappa shape index (κ3) is 2.54. The predicted octanol–water partition coefficient (Wildman–Crippen LogP) is 2.04. The van der Waals surface area contributed by atoms with E-state index in [1.807, 2.05) is 30.5 Å². The monoisotopic (exact) mass is 302 g/mol. The summed E-state index contributed by atoms with van der Waals surface area (Å²) in [7, 11) is 0. The summed E-state index contributed by atoms with van der Waals surface area (Å²) in [6, 6.07) is 6.51. The molecule has 1 amide bonds. The average molecular weight is 302 g/mol. The summed E-state index contributed by atoms with van der Waals surface area (Å²) >= 11 is 1.48. The molecular weight excluding hydrogens is 288 g/mol. The number of aromatic nitrogens is 1. The normalized spacial score (nSPS) is 16.8. The van der Waals surface area contributed by atoms with Crippen LogP contribution in [0.15, 0.2) is 29.6 Å². The van der Waals surface area contributed by atoms with Crippen LogP contribution in [0.25, 0.3) is 0 Å². The second-order valence-corrected chi connectivity index (χ2v) is 6.05. The highest BCUT2D eigenvalue weighted by atomic mass is 32.1. The molecule has 6 heteroatoms. The molecule has 3 rings (SSSR count). The van der Waals surface area contributed by atoms with Gasteiger partial charge in [-0.3, -0.25) is 9.69 Å². The van der Waals surface area contributed by atoms with Gasteiger partial charge in [-0.2, -0.15) is 0 Å². The number of anilines is 1. The van der Waals surface area contributed by atoms with Crippen LogP contribution in [-0.2, 0) is 22.4 Å². The molecule has 1 aliphatic rings. The Morgan fingerprint density at radius 2 is 2.19 bits per heavy atom. The fourth-order valence-corrected chi connectivity index (χ4v) is 3.23. The number of aliphatic carboxylic acids is 1. The molecule has 0 spiro atoms. The van der Waals surface area contributed by atoms with Crippen LogP contribution in [0.1, 0.15) is 16.3 Å². The minimum absolute atomic E-state index is 0.127. The largest absolute Gasteiger partial charge is 0.480 e. The minimum Gasteiger partial charge on any atom is -0.480 e. The Labute approximate surface area is 125 Å². The van der Waals surface area contributed by atoms with Gasteiger partial charge in [0.15, 0.2) is 0 Å². The lowest BCUT2D eigenvalue weighted by Gasteiger charge is -2.22. The molecule has 0 unspecified atom stereocenters. The second-order valence-electron chi connectivity index (χ2n) is 4.99. The van der Waals surface area contributed by atoms with E-state index in [0.29, 0.717) is 17.8 Å². The number of rotatable bonds is 3. The average Bonchev–Trinajstić information content (AvgIpc) is 3.02. The van der Waals surface area contributed by atoms with E-state index in [4.69, 9.17) is 0 Å². The van der Waals surface area contributed by atoms with Crippen LogP contribution < -0.4 is 4.90 Å². The van der Waals surface area contributed by atoms with Gasteiger partial charge in [0.25, 0.3) is 0 Å². The van der Waals surface area contributed by atoms with Crippen LogP contribution in [0, 0.1) is 6.92 Å². The Hall–Kier alpha value is -2.21. The molecule has 21 heavy (non-hydrogen) atoms. The van der Waals surface area contributed by atoms with Gasteiger partial charge in [-0.25, -0.2) is 9.78 Å². The molecule has 0 saturated carbocycles. The summed E-state index contributed by atoms with van der Waals surface area (Å²) in [5.74, 6) is -1.20. The van der Waals surface area contributed by atoms with Gasteiger partial charge in [0, 0.05) is 17.5 Å². The van der Waals surface area contributed by atoms with Crippen molar-refractivity contribution < 1.29 is 14.7 Å². The highest BCUT2D eigenvalue weighted by Crippen LogP contribution is 2.32. The van der Waals surface area contributed by atoms with Crippen molar-refractivity contribution in [1.82, 2.24) is 4.98 Å². The summed E-state index contributed by atoms with van der Waals surface area (Å²) in [6.45, 7) is 1.88. The fraction of sp³-hybridized carbons (Fsp3) is 0.267. The summed E-state index contributed by atoms with van der Waals surface area (Å²) in [5, 5.41) is 12.1. The van der Waals surface area contributed by atoms with Crippen LogP contribution in [0.2, 0.25) is 0 Å². The van der Waals surface area contributed by atoms with Gasteiger partial charge in [-0.1, -0.05) is 18.2 Å². The smallest absolute Gasteiger partial charge is 0.327 e. The number of carbonyl (C=O) groups is 2. The molecule has 5 nitrogen and oxygen atoms in total. The Balaban J connectivity index is 1.90. The summed E-state index contributed by atoms with van der Waals surface area (Å²) in [4.78, 5) is 29.6. The van der Waals surface area contributed by atoms with Crippen molar-refractivity contribution in [3.63, 3.8) is 0 Å². The number of aryl methyl sites for hydroxylation is 1. The molecule has 108 valence electrons. The third-order valence-corrected chi connectivity index (χ3v) is 4.35. The number of benzene rings is 1. The predicted molar refractivity (Wildman–Crippen MR) is 79.6 cm³/mol. The number of hydrogen-bond donors (Lipinski definition) is 1. The molecule has 0 bridgehead atoms. The van der Waals surface area contributed by atoms with E-state index in [1.165, 1.54) is 16.2 Å². The number of carboxylic acid groups (broad SMARTS) is 1. The zero-order valence-electron chi connectivity index (χ0n) is 11.4. The van der Waals surface area contributed by atoms with Crippen LogP contribution >= 0.6 is 11.3 Å². The first-order chi connectivity index (χ1) is 10.1. The molecule has 1 aromatic carbocycles. The zero-order chi connectivity index (χ0) is 15.0. The third-order valence-electron chi connectivity index (χ3n) is 3.53. The number of hydrogen-bond acceptors (Lipinski definition) is 4. The number of para-hydroxylation sites is 1. The van der Waals surface area contributed by atoms with Gasteiger partial charge >= 0.3 is 5.97 Å². The quantitative estimate of drug-likeness (QED) is 0.942. The Morgan fingerprint density at radius 1 is 1.43 bits per heavy atom. The Kier molecular flexibility index (Phi) is 3.47. The standard InChI is InChI=1S/C15H14N2O3S/c1-9-16-11(8-21-9)7-14(18)17-12-5-3-2-4-10(12)6-13(17)15(19)20/h2-5,8,13H,6-7H2,1H3,(H,19,20)/t13-/m0/s1. The van der Waals surface area contributed by atoms with Gasteiger partial charge in [-0.05, 0) is 18.6 Å². The SMILES string of the molecule is Cc1nc(CC(=O)N2c3ccccc3C[C@H]2C(=O)O)cs1. The maximum atomic E-state index is 12.5. The van der Waals surface area contributed by atoms with Gasteiger partial charge in [0.2, 0.25) is 5.91 Å². The summed E-state index contributed by atoms with van der Waals surface area (Å²) in [6.07, 6.45) is 0.482. The molecule has 1 aliphatic heterocycles. The maximum absolute atomic E-state index is 12.5. The van der Waals surface area contributed by atoms with Gasteiger partial charge in [-0.15, -0.1) is 11.3 Å². The fourth-order valence-electron chi connectivity index (χ4n) is 2.62. The van der Waals surface area contributed by atoms with Crippen molar-refractivity contribution in [2.75, 3.05) is 4.90 Å². The summed E-state index contributed by atoms with van der Waals surface area (Å²) < 4.78 is 0. The summed E-state index contributed by atoms with van der Waals surface area (Å²) in [5.41, 5.74) is 2.28. The lowest BCUT2D eigenvalue weighted by Crippen LogP contribution is -2.43. The number of amides is 1. The number of fused-ring (bicyclic) bond motifs is 1. The lowest BCUT2D eigenvalue weighted by atomic mass is 10.1. The molecule has 1 N–H and O–H groups in total. The van der Waals surface area contributed by atoms with Crippen molar-refractivity contribution in [1.29, 1.82) is 0 Å². The maximum Gasteiger partial charge on any atom is 0.327 e. The van der Waals surface area contributed by atoms with Gasteiger partial charge in [0.1, 0.15) is 6.04 Å². The molecular formula is C15H14N2O3S. The van der Waals surface area contributed by atoms with Crippen LogP contribution in [0.5, 0.6) is 0 Å². The van der Waals surface area contributed by atoms with E-state index >= 15 is 0 Å². The number of carbonyl (C=O) groups excluding carboxylic acids is 1. The number of carboxylic acids is 1. The van der Waals surface area contributed by atoms with E-state index in [2.05, 4.69) is 4.98 Å². The van der Waals surface area contributed by atoms with Crippen molar-refractivity contribution in [2.24, 2.45) is 0 Å². The topological polar surface area (TPSA) is 70.5 Å². The highest BCUT2D eigenvalue weighted by molar-refractivity contribution is 7.09. The van der Waals surface area contributed by atoms with Crippen molar-refractivity contribution >= 4 is 28.9 Å². The van der Waals surface area contributed by atoms with Crippen molar-refractivity contribution in [2.45, 2.75) is 25.8 Å². The van der Waals surface area contributed by atoms with Crippen molar-refractivity contribution in [3.8, 4) is 0 Å². The second kappa shape index (κ2) is 5.29. The minimum atomic E-state index is -0.978. The van der Waals surface area contributed by atoms with Crippen LogP contribution in [-0.4, -0.2) is 28.0 Å². The lowest BCUT2D eigenvalue weighted by molar-refractivity contribution is -0.139. The van der Waals surface area contributed by atoms with Crippen LogP contribution in [0.3, 0.4) is 0 Å². The highest BCUT2D eigenvalue weighted by Gasteiger charge is 2.38. The van der Waals surface area contributed by atoms with Crippen molar-refractivity contribution in [3.05, 3.63) is 45.9 Å². The Bertz CT molecular complexity index is 710. The first kappa shape index (κ1) is 13.8. The Morgan fingerprint density at radius 3 is 2.86 bits per heavy atom. The molecule has 0 saturated heterocycles. The van der Waals surface area contributed by atoms with Gasteiger partial charge < -0.3 is 5.11 Å². The van der Waals surface area contributed by atoms with E-state index in [1.54, 1.807) is 6.07 Å². The van der Waals surface area contributed by atoms with E-state index in [9.17, 15) is 14.7 Å².